The standard InChI is InChI=1S/C22H35FN2O2S/c1-4-18-7-11-24(12-8-18)16-19-9-13-25(14-10-19)22-15-20(5-6-21(22)23)28(26,27)17(2)3/h5-6,15,17-19H,4,7-14,16H2,1-3H3. The molecule has 2 fully saturated rings. The molecule has 2 aliphatic heterocycles. The molecule has 1 aromatic carbocycles. The summed E-state index contributed by atoms with van der Waals surface area (Å²) in [6, 6.07) is 4.22. The molecule has 1 aromatic rings. The quantitative estimate of drug-likeness (QED) is 0.654. The maximum atomic E-state index is 14.4. The van der Waals surface area contributed by atoms with E-state index in [2.05, 4.69) is 11.8 Å². The third kappa shape index (κ3) is 4.88. The Morgan fingerprint density at radius 1 is 1.04 bits per heavy atom. The van der Waals surface area contributed by atoms with Crippen LogP contribution in [-0.4, -0.2) is 51.3 Å². The monoisotopic (exact) mass is 410 g/mol. The van der Waals surface area contributed by atoms with Gasteiger partial charge in [0.1, 0.15) is 5.82 Å². The number of anilines is 1. The highest BCUT2D eigenvalue weighted by Crippen LogP contribution is 2.30. The van der Waals surface area contributed by atoms with E-state index in [1.54, 1.807) is 13.8 Å². The van der Waals surface area contributed by atoms with E-state index in [4.69, 9.17) is 0 Å². The molecule has 2 aliphatic rings. The number of hydrogen-bond donors (Lipinski definition) is 0. The van der Waals surface area contributed by atoms with Crippen LogP contribution in [0.1, 0.15) is 52.9 Å². The number of piperidine rings is 2. The maximum Gasteiger partial charge on any atom is 0.180 e. The molecule has 0 amide bonds. The summed E-state index contributed by atoms with van der Waals surface area (Å²) in [6.07, 6.45) is 6.00. The van der Waals surface area contributed by atoms with Crippen molar-refractivity contribution in [1.29, 1.82) is 0 Å². The van der Waals surface area contributed by atoms with Gasteiger partial charge >= 0.3 is 0 Å². The van der Waals surface area contributed by atoms with Crippen LogP contribution in [0.3, 0.4) is 0 Å². The molecule has 0 spiro atoms. The van der Waals surface area contributed by atoms with Gasteiger partial charge in [-0.2, -0.15) is 0 Å². The summed E-state index contributed by atoms with van der Waals surface area (Å²) in [4.78, 5) is 4.84. The van der Waals surface area contributed by atoms with Crippen molar-refractivity contribution in [2.24, 2.45) is 11.8 Å². The van der Waals surface area contributed by atoms with Gasteiger partial charge in [0.25, 0.3) is 0 Å². The molecule has 0 saturated carbocycles. The van der Waals surface area contributed by atoms with Gasteiger partial charge in [-0.05, 0) is 82.7 Å². The third-order valence-corrected chi connectivity index (χ3v) is 8.78. The Hall–Kier alpha value is -1.14. The molecule has 0 bridgehead atoms. The molecule has 0 aliphatic carbocycles. The first-order valence-electron chi connectivity index (χ1n) is 10.8. The maximum absolute atomic E-state index is 14.4. The molecule has 28 heavy (non-hydrogen) atoms. The lowest BCUT2D eigenvalue weighted by molar-refractivity contribution is 0.149. The molecule has 0 atom stereocenters. The lowest BCUT2D eigenvalue weighted by atomic mass is 9.91. The number of halogens is 1. The summed E-state index contributed by atoms with van der Waals surface area (Å²) in [7, 11) is -3.39. The molecule has 0 unspecified atom stereocenters. The molecular weight excluding hydrogens is 375 g/mol. The van der Waals surface area contributed by atoms with Crippen molar-refractivity contribution in [2.45, 2.75) is 63.0 Å². The second-order valence-electron chi connectivity index (χ2n) is 8.79. The topological polar surface area (TPSA) is 40.6 Å². The first kappa shape index (κ1) is 21.6. The minimum atomic E-state index is -3.39. The number of nitrogens with zero attached hydrogens (tertiary/aromatic N) is 2. The molecule has 2 saturated heterocycles. The van der Waals surface area contributed by atoms with E-state index < -0.39 is 15.1 Å². The number of rotatable bonds is 6. The van der Waals surface area contributed by atoms with Crippen LogP contribution in [0.4, 0.5) is 10.1 Å². The molecule has 6 heteroatoms. The van der Waals surface area contributed by atoms with Gasteiger partial charge in [-0.25, -0.2) is 12.8 Å². The normalized spacial score (nSPS) is 20.8. The molecular formula is C22H35FN2O2S. The number of benzene rings is 1. The van der Waals surface area contributed by atoms with E-state index in [-0.39, 0.29) is 10.7 Å². The Labute approximate surface area is 170 Å². The fraction of sp³-hybridized carbons (Fsp3) is 0.727. The Morgan fingerprint density at radius 3 is 2.21 bits per heavy atom. The van der Waals surface area contributed by atoms with Gasteiger partial charge < -0.3 is 9.80 Å². The van der Waals surface area contributed by atoms with Crippen molar-refractivity contribution >= 4 is 15.5 Å². The number of likely N-dealkylation sites (tertiary alicyclic amines) is 1. The average molecular weight is 411 g/mol. The van der Waals surface area contributed by atoms with E-state index in [1.807, 2.05) is 4.90 Å². The summed E-state index contributed by atoms with van der Waals surface area (Å²) in [5, 5.41) is -0.506. The van der Waals surface area contributed by atoms with E-state index in [0.29, 0.717) is 11.6 Å². The minimum absolute atomic E-state index is 0.222. The highest BCUT2D eigenvalue weighted by atomic mass is 32.2. The molecule has 2 heterocycles. The fourth-order valence-corrected chi connectivity index (χ4v) is 5.56. The Bertz CT molecular complexity index is 750. The van der Waals surface area contributed by atoms with Gasteiger partial charge in [-0.15, -0.1) is 0 Å². The van der Waals surface area contributed by atoms with Crippen LogP contribution >= 0.6 is 0 Å². The highest BCUT2D eigenvalue weighted by molar-refractivity contribution is 7.92. The predicted molar refractivity (Wildman–Crippen MR) is 113 cm³/mol. The summed E-state index contributed by atoms with van der Waals surface area (Å²) >= 11 is 0. The molecule has 0 radical (unpaired) electrons. The smallest absolute Gasteiger partial charge is 0.180 e. The zero-order chi connectivity index (χ0) is 20.3. The van der Waals surface area contributed by atoms with E-state index in [1.165, 1.54) is 50.6 Å². The van der Waals surface area contributed by atoms with Gasteiger partial charge in [0.2, 0.25) is 0 Å². The van der Waals surface area contributed by atoms with E-state index in [9.17, 15) is 12.8 Å². The first-order chi connectivity index (χ1) is 13.3. The Morgan fingerprint density at radius 2 is 1.64 bits per heavy atom. The number of hydrogen-bond acceptors (Lipinski definition) is 4. The summed E-state index contributed by atoms with van der Waals surface area (Å²) in [5.41, 5.74) is 0.434. The van der Waals surface area contributed by atoms with Crippen molar-refractivity contribution < 1.29 is 12.8 Å². The fourth-order valence-electron chi connectivity index (χ4n) is 4.48. The lowest BCUT2D eigenvalue weighted by Gasteiger charge is -2.38. The zero-order valence-electron chi connectivity index (χ0n) is 17.5. The van der Waals surface area contributed by atoms with Crippen molar-refractivity contribution in [1.82, 2.24) is 4.90 Å². The summed E-state index contributed by atoms with van der Waals surface area (Å²) < 4.78 is 39.3. The van der Waals surface area contributed by atoms with Gasteiger partial charge in [0.05, 0.1) is 15.8 Å². The zero-order valence-corrected chi connectivity index (χ0v) is 18.3. The van der Waals surface area contributed by atoms with Gasteiger partial charge in [0, 0.05) is 19.6 Å². The summed E-state index contributed by atoms with van der Waals surface area (Å²) in [5.74, 6) is 1.22. The molecule has 158 valence electrons. The third-order valence-electron chi connectivity index (χ3n) is 6.62. The minimum Gasteiger partial charge on any atom is -0.369 e. The first-order valence-corrected chi connectivity index (χ1v) is 12.4. The van der Waals surface area contributed by atoms with Crippen molar-refractivity contribution in [2.75, 3.05) is 37.6 Å². The highest BCUT2D eigenvalue weighted by Gasteiger charge is 2.27. The number of sulfone groups is 1. The Balaban J connectivity index is 1.59. The van der Waals surface area contributed by atoms with Crippen LogP contribution in [-0.2, 0) is 9.84 Å². The molecule has 4 nitrogen and oxygen atoms in total. The van der Waals surface area contributed by atoms with E-state index in [0.717, 1.165) is 38.4 Å². The SMILES string of the molecule is CCC1CCN(CC2CCN(c3cc(S(=O)(=O)C(C)C)ccc3F)CC2)CC1. The van der Waals surface area contributed by atoms with Crippen LogP contribution < -0.4 is 4.90 Å². The van der Waals surface area contributed by atoms with Crippen LogP contribution in [0, 0.1) is 17.7 Å². The van der Waals surface area contributed by atoms with Crippen molar-refractivity contribution in [3.63, 3.8) is 0 Å². The van der Waals surface area contributed by atoms with Crippen LogP contribution in [0.2, 0.25) is 0 Å². The van der Waals surface area contributed by atoms with Gasteiger partial charge in [0.15, 0.2) is 9.84 Å². The van der Waals surface area contributed by atoms with Crippen molar-refractivity contribution in [3.8, 4) is 0 Å². The second-order valence-corrected chi connectivity index (χ2v) is 11.3. The van der Waals surface area contributed by atoms with Crippen LogP contribution in [0.15, 0.2) is 23.1 Å². The van der Waals surface area contributed by atoms with Gasteiger partial charge in [-0.3, -0.25) is 0 Å². The molecule has 0 aromatic heterocycles. The molecule has 3 rings (SSSR count). The van der Waals surface area contributed by atoms with Crippen molar-refractivity contribution in [3.05, 3.63) is 24.0 Å². The summed E-state index contributed by atoms with van der Waals surface area (Å²) in [6.45, 7) is 10.8. The lowest BCUT2D eigenvalue weighted by Crippen LogP contribution is -2.41. The predicted octanol–water partition coefficient (Wildman–Crippen LogP) is 4.35. The van der Waals surface area contributed by atoms with Crippen LogP contribution in [0.5, 0.6) is 0 Å². The second kappa shape index (κ2) is 9.12. The van der Waals surface area contributed by atoms with Crippen LogP contribution in [0.25, 0.3) is 0 Å². The Kier molecular flexibility index (Phi) is 7.02. The average Bonchev–Trinajstić information content (AvgIpc) is 2.69. The molecule has 0 N–H and O–H groups in total. The van der Waals surface area contributed by atoms with Gasteiger partial charge in [-0.1, -0.05) is 13.3 Å². The van der Waals surface area contributed by atoms with E-state index >= 15 is 0 Å². The largest absolute Gasteiger partial charge is 0.369 e.